The molecule has 0 saturated heterocycles. The minimum absolute atomic E-state index is 0.0795. The van der Waals surface area contributed by atoms with Gasteiger partial charge in [-0.15, -0.1) is 0 Å². The van der Waals surface area contributed by atoms with Crippen LogP contribution in [0.3, 0.4) is 0 Å². The van der Waals surface area contributed by atoms with Crippen LogP contribution in [0.2, 0.25) is 0 Å². The van der Waals surface area contributed by atoms with Crippen LogP contribution >= 0.6 is 0 Å². The van der Waals surface area contributed by atoms with E-state index >= 15 is 0 Å². The maximum Gasteiger partial charge on any atom is 0.243 e. The van der Waals surface area contributed by atoms with Crippen LogP contribution in [0.25, 0.3) is 0 Å². The van der Waals surface area contributed by atoms with E-state index in [1.165, 1.54) is 11.0 Å². The highest BCUT2D eigenvalue weighted by Crippen LogP contribution is 2.24. The molecule has 0 fully saturated rings. The summed E-state index contributed by atoms with van der Waals surface area (Å²) in [4.78, 5) is 26.2. The molecule has 0 aliphatic carbocycles. The predicted octanol–water partition coefficient (Wildman–Crippen LogP) is 1.77. The molecule has 0 bridgehead atoms. The SMILES string of the molecule is Cc1cc2n(n1)CCC(=O)N2C(C)C(=O)NCc1ccccc1F. The smallest absolute Gasteiger partial charge is 0.243 e. The first-order chi connectivity index (χ1) is 11.5. The normalized spacial score (nSPS) is 15.1. The molecule has 7 heteroatoms. The van der Waals surface area contributed by atoms with Crippen LogP contribution < -0.4 is 10.2 Å². The monoisotopic (exact) mass is 330 g/mol. The Morgan fingerprint density at radius 2 is 2.17 bits per heavy atom. The molecule has 24 heavy (non-hydrogen) atoms. The maximum absolute atomic E-state index is 13.6. The Bertz CT molecular complexity index is 787. The fraction of sp³-hybridized carbons (Fsp3) is 0.353. The molecule has 6 nitrogen and oxygen atoms in total. The van der Waals surface area contributed by atoms with E-state index in [2.05, 4.69) is 10.4 Å². The first-order valence-corrected chi connectivity index (χ1v) is 7.85. The van der Waals surface area contributed by atoms with Crippen LogP contribution in [0.1, 0.15) is 24.6 Å². The molecule has 1 aliphatic heterocycles. The first kappa shape index (κ1) is 16.2. The van der Waals surface area contributed by atoms with Crippen LogP contribution in [-0.2, 0) is 22.7 Å². The highest BCUT2D eigenvalue weighted by atomic mass is 19.1. The highest BCUT2D eigenvalue weighted by Gasteiger charge is 2.33. The minimum Gasteiger partial charge on any atom is -0.350 e. The number of carbonyl (C=O) groups excluding carboxylic acids is 2. The summed E-state index contributed by atoms with van der Waals surface area (Å²) in [5, 5.41) is 7.02. The molecule has 1 aromatic carbocycles. The summed E-state index contributed by atoms with van der Waals surface area (Å²) in [6.45, 7) is 4.10. The third-order valence-electron chi connectivity index (χ3n) is 4.11. The maximum atomic E-state index is 13.6. The number of benzene rings is 1. The standard InChI is InChI=1S/C17H19FN4O2/c1-11-9-15-21(20-11)8-7-16(23)22(15)12(2)17(24)19-10-13-5-3-4-6-14(13)18/h3-6,9,12H,7-8,10H2,1-2H3,(H,19,24). The Kier molecular flexibility index (Phi) is 4.33. The van der Waals surface area contributed by atoms with Crippen molar-refractivity contribution in [3.05, 3.63) is 47.4 Å². The van der Waals surface area contributed by atoms with Crippen LogP contribution in [0, 0.1) is 12.7 Å². The van der Waals surface area contributed by atoms with E-state index in [1.54, 1.807) is 35.9 Å². The summed E-state index contributed by atoms with van der Waals surface area (Å²) in [6.07, 6.45) is 0.305. The number of carbonyl (C=O) groups is 2. The number of halogens is 1. The molecule has 1 N–H and O–H groups in total. The van der Waals surface area contributed by atoms with Crippen LogP contribution in [-0.4, -0.2) is 27.6 Å². The fourth-order valence-corrected chi connectivity index (χ4v) is 2.84. The minimum atomic E-state index is -0.695. The van der Waals surface area contributed by atoms with Crippen molar-refractivity contribution in [3.8, 4) is 0 Å². The van der Waals surface area contributed by atoms with Crippen molar-refractivity contribution in [3.63, 3.8) is 0 Å². The Hall–Kier alpha value is -2.70. The number of hydrogen-bond acceptors (Lipinski definition) is 3. The molecule has 0 spiro atoms. The molecule has 1 aromatic heterocycles. The second-order valence-corrected chi connectivity index (χ2v) is 5.87. The number of amides is 2. The average Bonchev–Trinajstić information content (AvgIpc) is 2.93. The molecule has 2 amide bonds. The van der Waals surface area contributed by atoms with E-state index in [0.717, 1.165) is 5.69 Å². The molecular formula is C17H19FN4O2. The first-order valence-electron chi connectivity index (χ1n) is 7.85. The lowest BCUT2D eigenvalue weighted by molar-refractivity contribution is -0.126. The predicted molar refractivity (Wildman–Crippen MR) is 86.8 cm³/mol. The van der Waals surface area contributed by atoms with Gasteiger partial charge in [-0.1, -0.05) is 18.2 Å². The molecule has 2 aromatic rings. The van der Waals surface area contributed by atoms with Gasteiger partial charge in [0.15, 0.2) is 0 Å². The molecule has 1 unspecified atom stereocenters. The Labute approximate surface area is 139 Å². The van der Waals surface area contributed by atoms with Crippen LogP contribution in [0.15, 0.2) is 30.3 Å². The fourth-order valence-electron chi connectivity index (χ4n) is 2.84. The number of aromatic nitrogens is 2. The number of nitrogens with one attached hydrogen (secondary N) is 1. The van der Waals surface area contributed by atoms with Gasteiger partial charge in [0.2, 0.25) is 11.8 Å². The number of anilines is 1. The molecule has 1 atom stereocenters. The van der Waals surface area contributed by atoms with E-state index in [-0.39, 0.29) is 24.2 Å². The van der Waals surface area contributed by atoms with E-state index in [9.17, 15) is 14.0 Å². The highest BCUT2D eigenvalue weighted by molar-refractivity contribution is 6.00. The van der Waals surface area contributed by atoms with Gasteiger partial charge in [-0.2, -0.15) is 5.10 Å². The topological polar surface area (TPSA) is 67.2 Å². The number of rotatable bonds is 4. The molecular weight excluding hydrogens is 311 g/mol. The van der Waals surface area contributed by atoms with Gasteiger partial charge in [-0.05, 0) is 19.9 Å². The lowest BCUT2D eigenvalue weighted by atomic mass is 10.1. The summed E-state index contributed by atoms with van der Waals surface area (Å²) in [5.41, 5.74) is 1.20. The zero-order valence-electron chi connectivity index (χ0n) is 13.6. The molecule has 0 saturated carbocycles. The summed E-state index contributed by atoms with van der Waals surface area (Å²) in [5.74, 6) is -0.194. The second-order valence-electron chi connectivity index (χ2n) is 5.87. The van der Waals surface area contributed by atoms with Gasteiger partial charge in [0.25, 0.3) is 0 Å². The van der Waals surface area contributed by atoms with Gasteiger partial charge in [0.1, 0.15) is 17.7 Å². The molecule has 126 valence electrons. The molecule has 1 aliphatic rings. The van der Waals surface area contributed by atoms with Gasteiger partial charge in [0, 0.05) is 24.6 Å². The third kappa shape index (κ3) is 3.02. The van der Waals surface area contributed by atoms with Crippen LogP contribution in [0.4, 0.5) is 10.2 Å². The molecule has 0 radical (unpaired) electrons. The van der Waals surface area contributed by atoms with Crippen molar-refractivity contribution >= 4 is 17.6 Å². The number of nitrogens with zero attached hydrogens (tertiary/aromatic N) is 3. The molecule has 2 heterocycles. The summed E-state index contributed by atoms with van der Waals surface area (Å²) in [7, 11) is 0. The van der Waals surface area contributed by atoms with E-state index in [1.807, 2.05) is 6.92 Å². The van der Waals surface area contributed by atoms with Gasteiger partial charge >= 0.3 is 0 Å². The van der Waals surface area contributed by atoms with Crippen molar-refractivity contribution in [1.29, 1.82) is 0 Å². The summed E-state index contributed by atoms with van der Waals surface area (Å²) >= 11 is 0. The Morgan fingerprint density at radius 1 is 1.42 bits per heavy atom. The second kappa shape index (κ2) is 6.43. The van der Waals surface area contributed by atoms with Gasteiger partial charge < -0.3 is 5.32 Å². The van der Waals surface area contributed by atoms with Crippen molar-refractivity contribution in [2.24, 2.45) is 0 Å². The largest absolute Gasteiger partial charge is 0.350 e. The Morgan fingerprint density at radius 3 is 2.92 bits per heavy atom. The number of hydrogen-bond donors (Lipinski definition) is 1. The summed E-state index contributed by atoms with van der Waals surface area (Å²) in [6, 6.07) is 7.37. The van der Waals surface area contributed by atoms with Crippen LogP contribution in [0.5, 0.6) is 0 Å². The van der Waals surface area contributed by atoms with Crippen molar-refractivity contribution in [2.75, 3.05) is 4.90 Å². The van der Waals surface area contributed by atoms with E-state index in [0.29, 0.717) is 24.3 Å². The lowest BCUT2D eigenvalue weighted by Gasteiger charge is -2.31. The number of aryl methyl sites for hydroxylation is 2. The third-order valence-corrected chi connectivity index (χ3v) is 4.11. The van der Waals surface area contributed by atoms with Gasteiger partial charge in [-0.25, -0.2) is 9.07 Å². The van der Waals surface area contributed by atoms with Crippen molar-refractivity contribution in [2.45, 2.75) is 39.4 Å². The van der Waals surface area contributed by atoms with E-state index < -0.39 is 6.04 Å². The Balaban J connectivity index is 1.73. The van der Waals surface area contributed by atoms with Crippen molar-refractivity contribution in [1.82, 2.24) is 15.1 Å². The molecule has 3 rings (SSSR count). The zero-order valence-corrected chi connectivity index (χ0v) is 13.6. The summed E-state index contributed by atoms with van der Waals surface area (Å²) < 4.78 is 15.4. The quantitative estimate of drug-likeness (QED) is 0.929. The van der Waals surface area contributed by atoms with Crippen molar-refractivity contribution < 1.29 is 14.0 Å². The average molecular weight is 330 g/mol. The lowest BCUT2D eigenvalue weighted by Crippen LogP contribution is -2.50. The van der Waals surface area contributed by atoms with Gasteiger partial charge in [0.05, 0.1) is 12.2 Å². The zero-order chi connectivity index (χ0) is 17.3. The number of fused-ring (bicyclic) bond motifs is 1. The van der Waals surface area contributed by atoms with E-state index in [4.69, 9.17) is 0 Å². The van der Waals surface area contributed by atoms with Gasteiger partial charge in [-0.3, -0.25) is 14.5 Å².